The number of nitrogens with two attached hydrogens (primary N) is 1. The molecule has 522 valence electrons. The van der Waals surface area contributed by atoms with Crippen LogP contribution in [0.15, 0.2) is 79.0 Å². The number of amides is 7. The molecule has 3 unspecified atom stereocenters. The number of rotatable bonds is 32. The third-order valence-corrected chi connectivity index (χ3v) is 21.1. The van der Waals surface area contributed by atoms with Crippen LogP contribution in [0.1, 0.15) is 131 Å². The number of aliphatic hydroxyl groups excluding tert-OH is 1. The van der Waals surface area contributed by atoms with Crippen molar-refractivity contribution in [3.63, 3.8) is 0 Å². The second-order valence-corrected chi connectivity index (χ2v) is 30.1. The number of benzene rings is 2. The second-order valence-electron chi connectivity index (χ2n) is 29.0. The van der Waals surface area contributed by atoms with Gasteiger partial charge >= 0.3 is 12.0 Å². The number of likely N-dealkylation sites (N-methyl/N-ethyl adjacent to an activating group) is 1. The van der Waals surface area contributed by atoms with E-state index in [4.69, 9.17) is 35.4 Å². The number of carbonyl (C=O) groups is 7. The van der Waals surface area contributed by atoms with Gasteiger partial charge in [-0.2, -0.15) is 5.10 Å². The Kier molecular flexibility index (Phi) is 21.1. The number of nitrogens with one attached hydrogen (secondary N) is 5. The molecule has 9 N–H and O–H groups in total. The number of carboxylic acids is 1. The summed E-state index contributed by atoms with van der Waals surface area (Å²) in [4.78, 5) is 102. The van der Waals surface area contributed by atoms with Crippen LogP contribution in [-0.4, -0.2) is 175 Å². The molecule has 7 atom stereocenters. The molecule has 2 aromatic carbocycles. The summed E-state index contributed by atoms with van der Waals surface area (Å²) >= 11 is 1.55. The van der Waals surface area contributed by atoms with Crippen LogP contribution in [0.2, 0.25) is 0 Å². The van der Waals surface area contributed by atoms with Crippen LogP contribution in [-0.2, 0) is 53.0 Å². The van der Waals surface area contributed by atoms with E-state index in [0.717, 1.165) is 99.6 Å². The molecule has 0 spiro atoms. The minimum absolute atomic E-state index is 0.0199. The minimum Gasteiger partial charge on any atom is -0.476 e. The average Bonchev–Trinajstić information content (AvgIpc) is 0.843. The molecule has 6 aromatic rings. The molecule has 12 rings (SSSR count). The topological polar surface area (TPSA) is 340 Å². The molecule has 98 heavy (non-hydrogen) atoms. The smallest absolute Gasteiger partial charge is 0.355 e. The number of imide groups is 1. The molecule has 2 aliphatic heterocycles. The molecular weight excluding hydrogens is 1270 g/mol. The Hall–Kier alpha value is -8.76. The lowest BCUT2D eigenvalue weighted by atomic mass is 9.39. The van der Waals surface area contributed by atoms with Gasteiger partial charge in [0.15, 0.2) is 22.5 Å². The first-order valence-corrected chi connectivity index (χ1v) is 34.8. The number of carboxylic acid groups (broad SMARTS) is 1. The maximum atomic E-state index is 14.0. The molecule has 0 saturated heterocycles. The molecule has 4 fully saturated rings. The highest BCUT2D eigenvalue weighted by atomic mass is 32.1. The molecule has 4 bridgehead atoms. The molecule has 4 saturated carbocycles. The van der Waals surface area contributed by atoms with Gasteiger partial charge in [0, 0.05) is 90.4 Å². The number of anilines is 5. The van der Waals surface area contributed by atoms with E-state index in [-0.39, 0.29) is 79.2 Å². The Labute approximate surface area is 574 Å². The van der Waals surface area contributed by atoms with Crippen molar-refractivity contribution in [3.05, 3.63) is 107 Å². The number of quaternary nitrogens is 1. The van der Waals surface area contributed by atoms with Crippen molar-refractivity contribution in [3.8, 4) is 11.1 Å². The number of pyridine rings is 1. The Morgan fingerprint density at radius 3 is 2.29 bits per heavy atom. The van der Waals surface area contributed by atoms with Gasteiger partial charge in [-0.1, -0.05) is 63.3 Å². The summed E-state index contributed by atoms with van der Waals surface area (Å²) in [5.41, 5.74) is 11.3. The first kappa shape index (κ1) is 70.6. The summed E-state index contributed by atoms with van der Waals surface area (Å²) in [6, 6.07) is 16.5. The fraction of sp³-hybridized carbons (Fsp3) is 0.521. The number of hydrogen-bond acceptors (Lipinski definition) is 18. The van der Waals surface area contributed by atoms with Gasteiger partial charge in [-0.25, -0.2) is 19.6 Å². The summed E-state index contributed by atoms with van der Waals surface area (Å²) in [6.45, 7) is 16.4. The van der Waals surface area contributed by atoms with Crippen LogP contribution >= 0.6 is 11.3 Å². The third kappa shape index (κ3) is 16.2. The maximum absolute atomic E-state index is 14.0. The van der Waals surface area contributed by atoms with Crippen LogP contribution in [0.5, 0.6) is 0 Å². The van der Waals surface area contributed by atoms with Gasteiger partial charge in [0.1, 0.15) is 31.0 Å². The van der Waals surface area contributed by atoms with Crippen molar-refractivity contribution in [1.29, 1.82) is 0 Å². The van der Waals surface area contributed by atoms with E-state index < -0.39 is 53.6 Å². The van der Waals surface area contributed by atoms with E-state index in [0.29, 0.717) is 85.4 Å². The van der Waals surface area contributed by atoms with E-state index >= 15 is 0 Å². The van der Waals surface area contributed by atoms with Crippen molar-refractivity contribution in [2.24, 2.45) is 27.9 Å². The van der Waals surface area contributed by atoms with E-state index in [1.807, 2.05) is 79.4 Å². The number of primary amides is 1. The number of urea groups is 1. The Morgan fingerprint density at radius 2 is 1.58 bits per heavy atom. The zero-order valence-electron chi connectivity index (χ0n) is 57.1. The standard InChI is InChI=1S/C71H91N15O11S/c1-44(2)59(79-56(88)25-32-96-33-28-84-57(89)23-24-58(84)90)64(92)76-53(15-10-26-73-66(72)95)63(91)75-48-19-17-47(18-20-48)36-86(7,29-12-31-87)30-34-97-71-40-68(5)37-69(6,41-71)39-70(38-68,42-71)43-85-46(4)51(35-74-85)50-21-22-55(78-60(50)65(93)94)83-27-11-13-49-45(3)61(81-82-62(49)83)80-67-77-52-14-8-9-16-54(52)98-67/h8-9,14,16-24,35,44,53,59,87H,10-13,15,25-34,36-43H2,1-7H3,(H7-,72,73,75,76,77,79,80,81,88,91,92,93,94,95)/p+1/t53-,59-,68-,69+,70?,71?,86?/m0/s1. The molecule has 26 nitrogen and oxygen atoms in total. The number of aromatic carboxylic acids is 1. The number of nitrogens with zero attached hydrogens (tertiary/aromatic N) is 9. The SMILES string of the molecule is Cc1c(Nc2nc3ccccc3s2)nnc2c1CCCN2c1ccc(-c2cnn(CC34CC5(OCC[N+](C)(CCCO)Cc6ccc(NC(=O)[C@H](CCCNC(N)=O)NC(=O)[C@@H](NC(=O)CCOCCN7C(=O)C=CC7=O)C(C)C)cc6)C[C@](C)(C3)C[C@](C)(C4)C5)c2C)c(C(=O)O)n1. The molecule has 4 aromatic heterocycles. The summed E-state index contributed by atoms with van der Waals surface area (Å²) in [6.07, 6.45) is 12.7. The number of aromatic nitrogens is 6. The zero-order valence-corrected chi connectivity index (χ0v) is 57.9. The maximum Gasteiger partial charge on any atom is 0.355 e. The Balaban J connectivity index is 0.717. The normalized spacial score (nSPS) is 22.1. The largest absolute Gasteiger partial charge is 0.476 e. The molecule has 0 radical (unpaired) electrons. The van der Waals surface area contributed by atoms with E-state index in [1.165, 1.54) is 12.2 Å². The van der Waals surface area contributed by atoms with E-state index in [1.54, 1.807) is 31.4 Å². The first-order chi connectivity index (χ1) is 46.8. The van der Waals surface area contributed by atoms with Crippen LogP contribution < -0.4 is 37.2 Å². The Morgan fingerprint density at radius 1 is 0.837 bits per heavy atom. The van der Waals surface area contributed by atoms with Crippen molar-refractivity contribution in [2.75, 3.05) is 81.7 Å². The predicted octanol–water partition coefficient (Wildman–Crippen LogP) is 8.00. The van der Waals surface area contributed by atoms with Crippen molar-refractivity contribution < 1.29 is 57.7 Å². The van der Waals surface area contributed by atoms with Gasteiger partial charge in [0.25, 0.3) is 11.8 Å². The summed E-state index contributed by atoms with van der Waals surface area (Å²) in [5, 5.41) is 50.4. The van der Waals surface area contributed by atoms with Crippen molar-refractivity contribution in [2.45, 2.75) is 149 Å². The average molecular weight is 1360 g/mol. The van der Waals surface area contributed by atoms with Gasteiger partial charge in [0.05, 0.1) is 62.0 Å². The summed E-state index contributed by atoms with van der Waals surface area (Å²) < 4.78 is 16.6. The van der Waals surface area contributed by atoms with Gasteiger partial charge in [0.2, 0.25) is 17.7 Å². The van der Waals surface area contributed by atoms with Gasteiger partial charge < -0.3 is 61.4 Å². The highest BCUT2D eigenvalue weighted by Crippen LogP contribution is 2.72. The minimum atomic E-state index is -1.13. The molecule has 4 aliphatic carbocycles. The highest BCUT2D eigenvalue weighted by Gasteiger charge is 2.66. The molecule has 6 heterocycles. The molecule has 7 amide bonds. The van der Waals surface area contributed by atoms with Crippen molar-refractivity contribution >= 4 is 91.4 Å². The summed E-state index contributed by atoms with van der Waals surface area (Å²) in [5.74, 6) is -2.13. The number of aliphatic hydroxyl groups is 1. The van der Waals surface area contributed by atoms with Gasteiger partial charge in [-0.3, -0.25) is 33.6 Å². The van der Waals surface area contributed by atoms with E-state index in [9.17, 15) is 43.8 Å². The number of carbonyl (C=O) groups excluding carboxylic acids is 6. The zero-order chi connectivity index (χ0) is 69.7. The third-order valence-electron chi connectivity index (χ3n) is 20.2. The number of fused-ring (bicyclic) bond motifs is 2. The van der Waals surface area contributed by atoms with Crippen LogP contribution in [0.4, 0.5) is 33.1 Å². The lowest BCUT2D eigenvalue weighted by Gasteiger charge is -2.69. The summed E-state index contributed by atoms with van der Waals surface area (Å²) in [7, 11) is 2.18. The van der Waals surface area contributed by atoms with Crippen molar-refractivity contribution in [1.82, 2.24) is 50.8 Å². The van der Waals surface area contributed by atoms with Crippen LogP contribution in [0, 0.1) is 36.0 Å². The number of para-hydroxylation sites is 1. The van der Waals surface area contributed by atoms with Crippen LogP contribution in [0.25, 0.3) is 21.3 Å². The monoisotopic (exact) mass is 1360 g/mol. The predicted molar refractivity (Wildman–Crippen MR) is 370 cm³/mol. The quantitative estimate of drug-likeness (QED) is 0.0113. The number of thiazole rings is 1. The molecule has 6 aliphatic rings. The van der Waals surface area contributed by atoms with Gasteiger partial charge in [-0.15, -0.1) is 10.2 Å². The molecule has 27 heteroatoms. The number of hydrogen-bond donors (Lipinski definition) is 8. The Bertz CT molecular complexity index is 3950. The van der Waals surface area contributed by atoms with E-state index in [2.05, 4.69) is 57.3 Å². The molecular formula is C71H92N15O11S+. The van der Waals surface area contributed by atoms with Crippen LogP contribution in [0.3, 0.4) is 0 Å². The fourth-order valence-electron chi connectivity index (χ4n) is 16.7. The van der Waals surface area contributed by atoms with Gasteiger partial charge in [-0.05, 0) is 137 Å². The highest BCUT2D eigenvalue weighted by molar-refractivity contribution is 7.22. The lowest BCUT2D eigenvalue weighted by Crippen LogP contribution is -2.64. The lowest BCUT2D eigenvalue weighted by molar-refractivity contribution is -0.923. The fourth-order valence-corrected chi connectivity index (χ4v) is 17.6. The first-order valence-electron chi connectivity index (χ1n) is 34.0. The number of ether oxygens (including phenoxy) is 2. The second kappa shape index (κ2) is 29.4.